The molecule has 0 bridgehead atoms. The van der Waals surface area contributed by atoms with E-state index in [9.17, 15) is 9.59 Å². The van der Waals surface area contributed by atoms with Crippen molar-refractivity contribution in [2.24, 2.45) is 0 Å². The molecule has 3 heterocycles. The number of hydrogen-bond acceptors (Lipinski definition) is 6. The van der Waals surface area contributed by atoms with Crippen LogP contribution in [0, 0.1) is 6.92 Å². The lowest BCUT2D eigenvalue weighted by Gasteiger charge is -2.01. The summed E-state index contributed by atoms with van der Waals surface area (Å²) in [5, 5.41) is 3.32. The summed E-state index contributed by atoms with van der Waals surface area (Å²) in [5.41, 5.74) is 4.43. The number of rotatable bonds is 5. The normalized spacial score (nSPS) is 11.9. The molecule has 0 N–H and O–H groups in total. The van der Waals surface area contributed by atoms with Crippen molar-refractivity contribution in [1.82, 2.24) is 14.3 Å². The van der Waals surface area contributed by atoms with Gasteiger partial charge >= 0.3 is 0 Å². The molecule has 170 valence electrons. The smallest absolute Gasteiger partial charge is 0.275 e. The summed E-state index contributed by atoms with van der Waals surface area (Å²) in [6.45, 7) is 2.05. The van der Waals surface area contributed by atoms with Gasteiger partial charge < -0.3 is 4.90 Å². The van der Waals surface area contributed by atoms with Crippen LogP contribution in [0.1, 0.15) is 21.6 Å². The highest BCUT2D eigenvalue weighted by Gasteiger charge is 2.23. The predicted molar refractivity (Wildman–Crippen MR) is 141 cm³/mol. The second-order valence-electron chi connectivity index (χ2n) is 8.19. The number of aryl methyl sites for hydroxylation is 1. The molecule has 8 heteroatoms. The summed E-state index contributed by atoms with van der Waals surface area (Å²) in [5.74, 6) is -0.237. The second-order valence-corrected chi connectivity index (χ2v) is 10.5. The number of halogens is 1. The molecule has 0 radical (unpaired) electrons. The van der Waals surface area contributed by atoms with Crippen molar-refractivity contribution in [3.63, 3.8) is 0 Å². The topological polar surface area (TPSA) is 54.7 Å². The van der Waals surface area contributed by atoms with Crippen LogP contribution in [0.4, 0.5) is 0 Å². The Morgan fingerprint density at radius 3 is 2.47 bits per heavy atom. The van der Waals surface area contributed by atoms with Crippen molar-refractivity contribution in [3.05, 3.63) is 96.7 Å². The van der Waals surface area contributed by atoms with Gasteiger partial charge in [-0.1, -0.05) is 41.4 Å². The molecule has 0 saturated heterocycles. The predicted octanol–water partition coefficient (Wildman–Crippen LogP) is 5.36. The molecule has 2 aromatic carbocycles. The lowest BCUT2D eigenvalue weighted by molar-refractivity contribution is 0.103. The summed E-state index contributed by atoms with van der Waals surface area (Å²) >= 11 is 8.86. The lowest BCUT2D eigenvalue weighted by Crippen LogP contribution is -2.27. The highest BCUT2D eigenvalue weighted by molar-refractivity contribution is 7.17. The number of ketones is 1. The molecular formula is C26H20ClN3O2S2. The zero-order valence-electron chi connectivity index (χ0n) is 18.7. The van der Waals surface area contributed by atoms with Gasteiger partial charge in [-0.3, -0.25) is 14.0 Å². The Bertz CT molecular complexity index is 1630. The van der Waals surface area contributed by atoms with Gasteiger partial charge in [-0.15, -0.1) is 22.7 Å². The van der Waals surface area contributed by atoms with E-state index < -0.39 is 0 Å². The van der Waals surface area contributed by atoms with E-state index in [0.717, 1.165) is 21.8 Å². The minimum atomic E-state index is -0.237. The van der Waals surface area contributed by atoms with Crippen molar-refractivity contribution in [1.29, 1.82) is 0 Å². The monoisotopic (exact) mass is 505 g/mol. The molecule has 5 rings (SSSR count). The highest BCUT2D eigenvalue weighted by Crippen LogP contribution is 2.34. The highest BCUT2D eigenvalue weighted by atomic mass is 35.5. The first-order chi connectivity index (χ1) is 16.3. The van der Waals surface area contributed by atoms with E-state index in [2.05, 4.69) is 12.1 Å². The molecule has 0 atom stereocenters. The average Bonchev–Trinajstić information content (AvgIpc) is 3.50. The number of benzene rings is 2. The standard InChI is InChI=1S/C26H20ClN3O2S2/c1-15-4-6-16(7-5-15)20-14-33-24(28-20)19-12-21(23(31)17-8-10-18(27)11-9-17)30-25(32)22(13-29(2)3)34-26(19)30/h4-14H,1-3H3. The van der Waals surface area contributed by atoms with Gasteiger partial charge in [0, 0.05) is 47.4 Å². The lowest BCUT2D eigenvalue weighted by atomic mass is 10.1. The first-order valence-electron chi connectivity index (χ1n) is 10.5. The van der Waals surface area contributed by atoms with Crippen LogP contribution in [0.3, 0.4) is 0 Å². The molecule has 34 heavy (non-hydrogen) atoms. The number of thiazole rings is 2. The third kappa shape index (κ3) is 4.07. The van der Waals surface area contributed by atoms with Crippen molar-refractivity contribution >= 4 is 51.1 Å². The minimum Gasteiger partial charge on any atom is -0.382 e. The maximum Gasteiger partial charge on any atom is 0.275 e. The van der Waals surface area contributed by atoms with Crippen LogP contribution in [0.5, 0.6) is 0 Å². The van der Waals surface area contributed by atoms with Crippen LogP contribution in [0.15, 0.2) is 64.8 Å². The van der Waals surface area contributed by atoms with Crippen LogP contribution >= 0.6 is 34.3 Å². The van der Waals surface area contributed by atoms with E-state index >= 15 is 0 Å². The summed E-state index contributed by atoms with van der Waals surface area (Å²) in [6, 6.07) is 16.7. The number of fused-ring (bicyclic) bond motifs is 1. The maximum absolute atomic E-state index is 13.4. The van der Waals surface area contributed by atoms with E-state index in [1.165, 1.54) is 32.6 Å². The average molecular weight is 506 g/mol. The summed E-state index contributed by atoms with van der Waals surface area (Å²) < 4.78 is 2.07. The van der Waals surface area contributed by atoms with Gasteiger partial charge in [-0.2, -0.15) is 0 Å². The molecule has 0 aliphatic heterocycles. The van der Waals surface area contributed by atoms with Crippen molar-refractivity contribution in [2.75, 3.05) is 14.1 Å². The maximum atomic E-state index is 13.4. The fourth-order valence-electron chi connectivity index (χ4n) is 3.69. The van der Waals surface area contributed by atoms with E-state index in [1.807, 2.05) is 43.4 Å². The zero-order valence-corrected chi connectivity index (χ0v) is 21.1. The van der Waals surface area contributed by atoms with Gasteiger partial charge in [0.15, 0.2) is 0 Å². The van der Waals surface area contributed by atoms with Gasteiger partial charge in [-0.25, -0.2) is 4.98 Å². The molecule has 0 fully saturated rings. The van der Waals surface area contributed by atoms with E-state index in [-0.39, 0.29) is 11.3 Å². The van der Waals surface area contributed by atoms with Gasteiger partial charge in [-0.05, 0) is 37.3 Å². The van der Waals surface area contributed by atoms with E-state index in [4.69, 9.17) is 16.6 Å². The van der Waals surface area contributed by atoms with Gasteiger partial charge in [0.05, 0.1) is 11.4 Å². The van der Waals surface area contributed by atoms with Gasteiger partial charge in [0.2, 0.25) is 5.78 Å². The molecule has 0 aliphatic rings. The zero-order chi connectivity index (χ0) is 24.0. The SMILES string of the molecule is Cc1ccc(-c2csc(-c3cc(C(=O)c4ccc(Cl)cc4)n4c(=O)c(=CN(C)C)sc34)n2)cc1. The molecule has 0 spiro atoms. The van der Waals surface area contributed by atoms with E-state index in [0.29, 0.717) is 25.6 Å². The Labute approximate surface area is 209 Å². The molecule has 5 aromatic rings. The Kier molecular flexibility index (Phi) is 5.85. The molecule has 0 unspecified atom stereocenters. The first kappa shape index (κ1) is 22.5. The van der Waals surface area contributed by atoms with E-state index in [1.54, 1.807) is 36.5 Å². The van der Waals surface area contributed by atoms with Gasteiger partial charge in [0.1, 0.15) is 14.4 Å². The first-order valence-corrected chi connectivity index (χ1v) is 12.6. The summed E-state index contributed by atoms with van der Waals surface area (Å²) in [7, 11) is 3.73. The van der Waals surface area contributed by atoms with Crippen LogP contribution in [0.2, 0.25) is 5.02 Å². The molecule has 0 saturated carbocycles. The molecular weight excluding hydrogens is 486 g/mol. The summed E-state index contributed by atoms with van der Waals surface area (Å²) in [6.07, 6.45) is 1.78. The van der Waals surface area contributed by atoms with Gasteiger partial charge in [0.25, 0.3) is 5.56 Å². The molecule has 0 aliphatic carbocycles. The Hall–Kier alpha value is -3.26. The minimum absolute atomic E-state index is 0.215. The van der Waals surface area contributed by atoms with Crippen molar-refractivity contribution < 1.29 is 4.79 Å². The second kappa shape index (κ2) is 8.83. The summed E-state index contributed by atoms with van der Waals surface area (Å²) in [4.78, 5) is 34.1. The number of carbonyl (C=O) groups is 1. The Morgan fingerprint density at radius 2 is 1.79 bits per heavy atom. The fourth-order valence-corrected chi connectivity index (χ4v) is 5.92. The number of aromatic nitrogens is 2. The van der Waals surface area contributed by atoms with Crippen LogP contribution in [-0.2, 0) is 0 Å². The Morgan fingerprint density at radius 1 is 1.09 bits per heavy atom. The number of nitrogens with zero attached hydrogens (tertiary/aromatic N) is 3. The third-order valence-electron chi connectivity index (χ3n) is 5.37. The quantitative estimate of drug-likeness (QED) is 0.302. The fraction of sp³-hybridized carbons (Fsp3) is 0.115. The van der Waals surface area contributed by atoms with Crippen LogP contribution in [-0.4, -0.2) is 34.2 Å². The molecule has 3 aromatic heterocycles. The van der Waals surface area contributed by atoms with Crippen molar-refractivity contribution in [2.45, 2.75) is 6.92 Å². The largest absolute Gasteiger partial charge is 0.382 e. The third-order valence-corrected chi connectivity index (χ3v) is 7.60. The molecule has 0 amide bonds. The number of hydrogen-bond donors (Lipinski definition) is 0. The van der Waals surface area contributed by atoms with Crippen LogP contribution < -0.4 is 10.1 Å². The number of carbonyl (C=O) groups excluding carboxylic acids is 1. The molecule has 5 nitrogen and oxygen atoms in total. The van der Waals surface area contributed by atoms with Crippen LogP contribution in [0.25, 0.3) is 32.9 Å². The van der Waals surface area contributed by atoms with Crippen molar-refractivity contribution in [3.8, 4) is 21.8 Å². The Balaban J connectivity index is 1.70.